The van der Waals surface area contributed by atoms with Crippen molar-refractivity contribution in [3.05, 3.63) is 29.1 Å². The van der Waals surface area contributed by atoms with Gasteiger partial charge in [-0.25, -0.2) is 4.39 Å². The van der Waals surface area contributed by atoms with Crippen LogP contribution in [0.25, 0.3) is 0 Å². The van der Waals surface area contributed by atoms with Gasteiger partial charge in [0, 0.05) is 24.3 Å². The molecule has 1 aliphatic carbocycles. The van der Waals surface area contributed by atoms with Gasteiger partial charge in [0.05, 0.1) is 6.10 Å². The zero-order chi connectivity index (χ0) is 14.7. The largest absolute Gasteiger partial charge is 0.389 e. The number of rotatable bonds is 3. The van der Waals surface area contributed by atoms with Crippen LogP contribution in [-0.2, 0) is 0 Å². The van der Waals surface area contributed by atoms with E-state index in [0.717, 1.165) is 5.69 Å². The molecule has 0 heterocycles. The molecule has 0 spiro atoms. The predicted octanol–water partition coefficient (Wildman–Crippen LogP) is 4.35. The predicted molar refractivity (Wildman–Crippen MR) is 81.7 cm³/mol. The maximum absolute atomic E-state index is 13.8. The smallest absolute Gasteiger partial charge is 0.126 e. The van der Waals surface area contributed by atoms with Gasteiger partial charge in [0.2, 0.25) is 0 Å². The second-order valence-corrected chi connectivity index (χ2v) is 6.09. The molecular weight excluding hydrogens is 253 g/mol. The molecule has 0 bridgehead atoms. The van der Waals surface area contributed by atoms with Gasteiger partial charge in [0.1, 0.15) is 5.82 Å². The van der Waals surface area contributed by atoms with E-state index < -0.39 is 6.10 Å². The normalized spacial score (nSPS) is 18.6. The van der Waals surface area contributed by atoms with E-state index in [-0.39, 0.29) is 5.82 Å². The fourth-order valence-corrected chi connectivity index (χ4v) is 3.16. The standard InChI is InChI=1S/C17H26FNO/c1-12-10-17(15(13(2)20)11-16(12)18)19(3)14-8-6-4-5-7-9-14/h10-11,13-14,20H,4-9H2,1-3H3/t13-/m1/s1. The van der Waals surface area contributed by atoms with E-state index in [1.807, 2.05) is 6.07 Å². The number of benzene rings is 1. The first kappa shape index (κ1) is 15.3. The summed E-state index contributed by atoms with van der Waals surface area (Å²) in [5.41, 5.74) is 2.32. The number of aliphatic hydroxyl groups is 1. The first-order valence-electron chi connectivity index (χ1n) is 7.71. The number of anilines is 1. The molecule has 1 aromatic carbocycles. The zero-order valence-corrected chi connectivity index (χ0v) is 12.8. The highest BCUT2D eigenvalue weighted by molar-refractivity contribution is 5.57. The van der Waals surface area contributed by atoms with Crippen molar-refractivity contribution in [2.75, 3.05) is 11.9 Å². The molecule has 20 heavy (non-hydrogen) atoms. The fraction of sp³-hybridized carbons (Fsp3) is 0.647. The van der Waals surface area contributed by atoms with Crippen LogP contribution in [0, 0.1) is 12.7 Å². The molecule has 1 atom stereocenters. The molecule has 1 fully saturated rings. The molecule has 0 saturated heterocycles. The van der Waals surface area contributed by atoms with E-state index >= 15 is 0 Å². The van der Waals surface area contributed by atoms with Crippen LogP contribution in [0.1, 0.15) is 62.7 Å². The van der Waals surface area contributed by atoms with Crippen molar-refractivity contribution in [3.63, 3.8) is 0 Å². The maximum Gasteiger partial charge on any atom is 0.126 e. The Balaban J connectivity index is 2.31. The summed E-state index contributed by atoms with van der Waals surface area (Å²) in [4.78, 5) is 2.25. The van der Waals surface area contributed by atoms with Crippen LogP contribution in [0.2, 0.25) is 0 Å². The molecule has 3 heteroatoms. The Labute approximate surface area is 121 Å². The Morgan fingerprint density at radius 3 is 2.35 bits per heavy atom. The first-order chi connectivity index (χ1) is 9.50. The first-order valence-corrected chi connectivity index (χ1v) is 7.71. The lowest BCUT2D eigenvalue weighted by atomic mass is 10.0. The van der Waals surface area contributed by atoms with E-state index in [9.17, 15) is 9.50 Å². The second kappa shape index (κ2) is 6.57. The Morgan fingerprint density at radius 2 is 1.80 bits per heavy atom. The third-order valence-electron chi connectivity index (χ3n) is 4.51. The summed E-state index contributed by atoms with van der Waals surface area (Å²) in [6.07, 6.45) is 6.89. The average molecular weight is 279 g/mol. The summed E-state index contributed by atoms with van der Waals surface area (Å²) in [5, 5.41) is 9.93. The highest BCUT2D eigenvalue weighted by atomic mass is 19.1. The van der Waals surface area contributed by atoms with Crippen molar-refractivity contribution in [3.8, 4) is 0 Å². The number of halogens is 1. The van der Waals surface area contributed by atoms with Crippen LogP contribution in [-0.4, -0.2) is 18.2 Å². The van der Waals surface area contributed by atoms with E-state index in [2.05, 4.69) is 11.9 Å². The van der Waals surface area contributed by atoms with Gasteiger partial charge < -0.3 is 10.0 Å². The number of aliphatic hydroxyl groups excluding tert-OH is 1. The molecular formula is C17H26FNO. The fourth-order valence-electron chi connectivity index (χ4n) is 3.16. The molecule has 1 aliphatic rings. The minimum atomic E-state index is -0.645. The van der Waals surface area contributed by atoms with E-state index in [1.54, 1.807) is 13.8 Å². The Kier molecular flexibility index (Phi) is 5.03. The van der Waals surface area contributed by atoms with Crippen LogP contribution < -0.4 is 4.90 Å². The van der Waals surface area contributed by atoms with Crippen LogP contribution in [0.3, 0.4) is 0 Å². The summed E-state index contributed by atoms with van der Waals surface area (Å²) in [7, 11) is 2.08. The molecule has 0 radical (unpaired) electrons. The van der Waals surface area contributed by atoms with Gasteiger partial charge in [0.25, 0.3) is 0 Å². The minimum absolute atomic E-state index is 0.237. The molecule has 1 aromatic rings. The molecule has 2 nitrogen and oxygen atoms in total. The second-order valence-electron chi connectivity index (χ2n) is 6.09. The summed E-state index contributed by atoms with van der Waals surface area (Å²) < 4.78 is 13.8. The van der Waals surface area contributed by atoms with Gasteiger partial charge in [-0.1, -0.05) is 25.7 Å². The summed E-state index contributed by atoms with van der Waals surface area (Å²) in [6, 6.07) is 3.87. The lowest BCUT2D eigenvalue weighted by Gasteiger charge is -2.32. The molecule has 112 valence electrons. The molecule has 1 N–H and O–H groups in total. The van der Waals surface area contributed by atoms with Gasteiger partial charge in [0.15, 0.2) is 0 Å². The van der Waals surface area contributed by atoms with Crippen LogP contribution in [0.4, 0.5) is 10.1 Å². The van der Waals surface area contributed by atoms with E-state index in [0.29, 0.717) is 17.2 Å². The SMILES string of the molecule is Cc1cc(N(C)C2CCCCCC2)c([C@@H](C)O)cc1F. The van der Waals surface area contributed by atoms with Crippen LogP contribution >= 0.6 is 0 Å². The minimum Gasteiger partial charge on any atom is -0.389 e. The summed E-state index contributed by atoms with van der Waals surface area (Å²) in [5.74, 6) is -0.237. The third kappa shape index (κ3) is 3.32. The van der Waals surface area contributed by atoms with E-state index in [4.69, 9.17) is 0 Å². The Morgan fingerprint density at radius 1 is 1.20 bits per heavy atom. The van der Waals surface area contributed by atoms with Crippen molar-refractivity contribution < 1.29 is 9.50 Å². The molecule has 0 unspecified atom stereocenters. The maximum atomic E-state index is 13.8. The summed E-state index contributed by atoms with van der Waals surface area (Å²) >= 11 is 0. The monoisotopic (exact) mass is 279 g/mol. The molecule has 2 rings (SSSR count). The lowest BCUT2D eigenvalue weighted by molar-refractivity contribution is 0.199. The highest BCUT2D eigenvalue weighted by Crippen LogP contribution is 2.32. The average Bonchev–Trinajstić information content (AvgIpc) is 2.69. The quantitative estimate of drug-likeness (QED) is 0.832. The number of aryl methyl sites for hydroxylation is 1. The molecule has 0 aliphatic heterocycles. The lowest BCUT2D eigenvalue weighted by Crippen LogP contribution is -2.32. The van der Waals surface area contributed by atoms with Crippen molar-refractivity contribution in [1.82, 2.24) is 0 Å². The van der Waals surface area contributed by atoms with Crippen molar-refractivity contribution in [1.29, 1.82) is 0 Å². The van der Waals surface area contributed by atoms with Crippen molar-refractivity contribution in [2.24, 2.45) is 0 Å². The topological polar surface area (TPSA) is 23.5 Å². The molecule has 0 amide bonds. The van der Waals surface area contributed by atoms with Crippen LogP contribution in [0.15, 0.2) is 12.1 Å². The number of hydrogen-bond acceptors (Lipinski definition) is 2. The Hall–Kier alpha value is -1.09. The van der Waals surface area contributed by atoms with Gasteiger partial charge in [-0.15, -0.1) is 0 Å². The molecule has 1 saturated carbocycles. The number of nitrogens with zero attached hydrogens (tertiary/aromatic N) is 1. The van der Waals surface area contributed by atoms with Crippen LogP contribution in [0.5, 0.6) is 0 Å². The van der Waals surface area contributed by atoms with Gasteiger partial charge in [-0.2, -0.15) is 0 Å². The summed E-state index contributed by atoms with van der Waals surface area (Å²) in [6.45, 7) is 3.49. The van der Waals surface area contributed by atoms with Crippen molar-refractivity contribution >= 4 is 5.69 Å². The van der Waals surface area contributed by atoms with Crippen molar-refractivity contribution in [2.45, 2.75) is 64.5 Å². The van der Waals surface area contributed by atoms with E-state index in [1.165, 1.54) is 44.6 Å². The highest BCUT2D eigenvalue weighted by Gasteiger charge is 2.21. The van der Waals surface area contributed by atoms with Gasteiger partial charge in [-0.3, -0.25) is 0 Å². The van der Waals surface area contributed by atoms with Gasteiger partial charge >= 0.3 is 0 Å². The van der Waals surface area contributed by atoms with Gasteiger partial charge in [-0.05, 0) is 44.4 Å². The third-order valence-corrected chi connectivity index (χ3v) is 4.51. The number of hydrogen-bond donors (Lipinski definition) is 1. The molecule has 0 aromatic heterocycles. The Bertz CT molecular complexity index is 451. The zero-order valence-electron chi connectivity index (χ0n) is 12.8.